The van der Waals surface area contributed by atoms with E-state index in [-0.39, 0.29) is 0 Å². The molecule has 1 fully saturated rings. The van der Waals surface area contributed by atoms with Crippen molar-refractivity contribution in [3.8, 4) is 0 Å². The first-order chi connectivity index (χ1) is 4.86. The molecule has 1 aliphatic rings. The second-order valence-corrected chi connectivity index (χ2v) is 2.63. The van der Waals surface area contributed by atoms with Crippen LogP contribution in [0.2, 0.25) is 0 Å². The lowest BCUT2D eigenvalue weighted by molar-refractivity contribution is 0.184. The topological polar surface area (TPSA) is 41.3 Å². The molecule has 0 aromatic rings. The molecular formula is C6H14FN3. The first kappa shape index (κ1) is 7.91. The highest BCUT2D eigenvalue weighted by atomic mass is 19.1. The lowest BCUT2D eigenvalue weighted by atomic mass is 10.1. The standard InChI is InChI=1S/C6H14FN3/c7-5-9-10-2-1-6(3-8)4-10/h6,9H,1-5,8H2. The molecule has 10 heavy (non-hydrogen) atoms. The molecule has 0 radical (unpaired) electrons. The normalized spacial score (nSPS) is 27.6. The lowest BCUT2D eigenvalue weighted by Crippen LogP contribution is -2.35. The minimum Gasteiger partial charge on any atom is -0.330 e. The molecule has 1 aliphatic heterocycles. The average Bonchev–Trinajstić information content (AvgIpc) is 2.37. The van der Waals surface area contributed by atoms with Crippen molar-refractivity contribution >= 4 is 0 Å². The largest absolute Gasteiger partial charge is 0.330 e. The van der Waals surface area contributed by atoms with Gasteiger partial charge in [0, 0.05) is 13.1 Å². The van der Waals surface area contributed by atoms with E-state index < -0.39 is 6.80 Å². The summed E-state index contributed by atoms with van der Waals surface area (Å²) >= 11 is 0. The fourth-order valence-electron chi connectivity index (χ4n) is 1.25. The molecule has 60 valence electrons. The molecule has 0 aromatic heterocycles. The van der Waals surface area contributed by atoms with Crippen LogP contribution in [0.4, 0.5) is 4.39 Å². The molecule has 1 unspecified atom stereocenters. The summed E-state index contributed by atoms with van der Waals surface area (Å²) < 4.78 is 11.7. The Morgan fingerprint density at radius 2 is 2.50 bits per heavy atom. The molecule has 1 saturated heterocycles. The van der Waals surface area contributed by atoms with E-state index in [4.69, 9.17) is 5.73 Å². The van der Waals surface area contributed by atoms with Crippen LogP contribution in [-0.2, 0) is 0 Å². The molecule has 0 bridgehead atoms. The average molecular weight is 147 g/mol. The van der Waals surface area contributed by atoms with Gasteiger partial charge in [0.05, 0.1) is 0 Å². The van der Waals surface area contributed by atoms with E-state index in [0.717, 1.165) is 19.5 Å². The van der Waals surface area contributed by atoms with Crippen LogP contribution >= 0.6 is 0 Å². The first-order valence-electron chi connectivity index (χ1n) is 3.61. The maximum atomic E-state index is 11.7. The van der Waals surface area contributed by atoms with Gasteiger partial charge < -0.3 is 5.73 Å². The molecule has 1 heterocycles. The quantitative estimate of drug-likeness (QED) is 0.538. The molecule has 0 aromatic carbocycles. The highest BCUT2D eigenvalue weighted by molar-refractivity contribution is 4.72. The molecule has 4 heteroatoms. The van der Waals surface area contributed by atoms with E-state index >= 15 is 0 Å². The Hall–Kier alpha value is -0.190. The summed E-state index contributed by atoms with van der Waals surface area (Å²) in [5.74, 6) is 0.555. The molecule has 0 spiro atoms. The van der Waals surface area contributed by atoms with Crippen molar-refractivity contribution in [1.82, 2.24) is 10.4 Å². The Balaban J connectivity index is 2.15. The van der Waals surface area contributed by atoms with Gasteiger partial charge in [-0.3, -0.25) is 0 Å². The van der Waals surface area contributed by atoms with Gasteiger partial charge in [0.2, 0.25) is 0 Å². The first-order valence-corrected chi connectivity index (χ1v) is 3.61. The zero-order valence-electron chi connectivity index (χ0n) is 6.02. The highest BCUT2D eigenvalue weighted by Gasteiger charge is 2.19. The molecule has 1 atom stereocenters. The van der Waals surface area contributed by atoms with Crippen LogP contribution in [0.1, 0.15) is 6.42 Å². The highest BCUT2D eigenvalue weighted by Crippen LogP contribution is 2.11. The third-order valence-corrected chi connectivity index (χ3v) is 1.90. The number of hydrazine groups is 1. The molecular weight excluding hydrogens is 133 g/mol. The Kier molecular flexibility index (Phi) is 3.05. The minimum absolute atomic E-state index is 0.475. The number of alkyl halides is 1. The maximum Gasteiger partial charge on any atom is 0.152 e. The molecule has 0 saturated carbocycles. The van der Waals surface area contributed by atoms with Crippen LogP contribution in [-0.4, -0.2) is 31.4 Å². The van der Waals surface area contributed by atoms with E-state index in [1.165, 1.54) is 0 Å². The number of hydrogen-bond acceptors (Lipinski definition) is 3. The van der Waals surface area contributed by atoms with Crippen molar-refractivity contribution in [1.29, 1.82) is 0 Å². The van der Waals surface area contributed by atoms with Crippen LogP contribution in [0.5, 0.6) is 0 Å². The van der Waals surface area contributed by atoms with E-state index in [1.54, 1.807) is 0 Å². The molecule has 3 N–H and O–H groups in total. The third kappa shape index (κ3) is 1.90. The van der Waals surface area contributed by atoms with Gasteiger partial charge in [-0.2, -0.15) is 0 Å². The zero-order chi connectivity index (χ0) is 7.40. The van der Waals surface area contributed by atoms with Crippen molar-refractivity contribution in [3.63, 3.8) is 0 Å². The number of hydrogen-bond donors (Lipinski definition) is 2. The summed E-state index contributed by atoms with van der Waals surface area (Å²) in [6.45, 7) is 2.05. The summed E-state index contributed by atoms with van der Waals surface area (Å²) in [5, 5.41) is 1.89. The van der Waals surface area contributed by atoms with Gasteiger partial charge in [-0.15, -0.1) is 0 Å². The summed E-state index contributed by atoms with van der Waals surface area (Å²) in [5.41, 5.74) is 8.06. The van der Waals surface area contributed by atoms with E-state index in [2.05, 4.69) is 5.43 Å². The van der Waals surface area contributed by atoms with Crippen molar-refractivity contribution in [2.24, 2.45) is 11.7 Å². The SMILES string of the molecule is NCC1CCN(NCF)C1. The second-order valence-electron chi connectivity index (χ2n) is 2.63. The van der Waals surface area contributed by atoms with Crippen molar-refractivity contribution < 1.29 is 4.39 Å². The summed E-state index contributed by atoms with van der Waals surface area (Å²) in [6.07, 6.45) is 1.09. The van der Waals surface area contributed by atoms with Gasteiger partial charge >= 0.3 is 0 Å². The van der Waals surface area contributed by atoms with E-state index in [1.807, 2.05) is 5.01 Å². The third-order valence-electron chi connectivity index (χ3n) is 1.90. The molecule has 1 rings (SSSR count). The summed E-state index contributed by atoms with van der Waals surface area (Å²) in [4.78, 5) is 0. The van der Waals surface area contributed by atoms with E-state index in [0.29, 0.717) is 12.5 Å². The Bertz CT molecular complexity index is 99.0. The van der Waals surface area contributed by atoms with Gasteiger partial charge in [0.25, 0.3) is 0 Å². The van der Waals surface area contributed by atoms with Crippen LogP contribution in [0.25, 0.3) is 0 Å². The van der Waals surface area contributed by atoms with Crippen molar-refractivity contribution in [2.75, 3.05) is 26.4 Å². The van der Waals surface area contributed by atoms with Crippen LogP contribution < -0.4 is 11.2 Å². The second kappa shape index (κ2) is 3.85. The number of nitrogens with one attached hydrogen (secondary N) is 1. The summed E-state index contributed by atoms with van der Waals surface area (Å²) in [6, 6.07) is 0. The molecule has 0 aliphatic carbocycles. The Morgan fingerprint density at radius 1 is 1.70 bits per heavy atom. The van der Waals surface area contributed by atoms with Gasteiger partial charge in [0.15, 0.2) is 6.80 Å². The van der Waals surface area contributed by atoms with Crippen molar-refractivity contribution in [2.45, 2.75) is 6.42 Å². The maximum absolute atomic E-state index is 11.7. The molecule has 0 amide bonds. The fourth-order valence-corrected chi connectivity index (χ4v) is 1.25. The Morgan fingerprint density at radius 3 is 3.00 bits per heavy atom. The van der Waals surface area contributed by atoms with Crippen LogP contribution in [0.15, 0.2) is 0 Å². The Labute approximate surface area is 60.3 Å². The fraction of sp³-hybridized carbons (Fsp3) is 1.00. The van der Waals surface area contributed by atoms with Crippen molar-refractivity contribution in [3.05, 3.63) is 0 Å². The smallest absolute Gasteiger partial charge is 0.152 e. The van der Waals surface area contributed by atoms with Gasteiger partial charge in [-0.05, 0) is 18.9 Å². The predicted octanol–water partition coefficient (Wildman–Crippen LogP) is -0.301. The van der Waals surface area contributed by atoms with Gasteiger partial charge in [0.1, 0.15) is 0 Å². The molecule has 3 nitrogen and oxygen atoms in total. The number of rotatable bonds is 3. The number of nitrogens with zero attached hydrogens (tertiary/aromatic N) is 1. The monoisotopic (exact) mass is 147 g/mol. The van der Waals surface area contributed by atoms with Crippen LogP contribution in [0.3, 0.4) is 0 Å². The van der Waals surface area contributed by atoms with Gasteiger partial charge in [-0.1, -0.05) is 0 Å². The predicted molar refractivity (Wildman–Crippen MR) is 37.8 cm³/mol. The lowest BCUT2D eigenvalue weighted by Gasteiger charge is -2.13. The minimum atomic E-state index is -0.475. The number of nitrogens with two attached hydrogens (primary N) is 1. The summed E-state index contributed by atoms with van der Waals surface area (Å²) in [7, 11) is 0. The van der Waals surface area contributed by atoms with E-state index in [9.17, 15) is 4.39 Å². The number of halogens is 1. The zero-order valence-corrected chi connectivity index (χ0v) is 6.02. The van der Waals surface area contributed by atoms with Crippen LogP contribution in [0, 0.1) is 5.92 Å². The van der Waals surface area contributed by atoms with Gasteiger partial charge in [-0.25, -0.2) is 14.8 Å².